The van der Waals surface area contributed by atoms with Gasteiger partial charge < -0.3 is 14.6 Å². The zero-order chi connectivity index (χ0) is 9.68. The van der Waals surface area contributed by atoms with Crippen LogP contribution in [0.2, 0.25) is 0 Å². The normalized spacial score (nSPS) is 9.62. The highest BCUT2D eigenvalue weighted by Gasteiger charge is 1.92. The Hall–Kier alpha value is -1.51. The van der Waals surface area contributed by atoms with E-state index >= 15 is 0 Å². The monoisotopic (exact) mass is 179 g/mol. The molecule has 0 saturated heterocycles. The number of aliphatic carboxylic acids is 1. The van der Waals surface area contributed by atoms with Crippen LogP contribution in [0.15, 0.2) is 24.3 Å². The zero-order valence-corrected chi connectivity index (χ0v) is 7.45. The van der Waals surface area contributed by atoms with E-state index in [2.05, 4.69) is 0 Å². The number of carboxylic acids is 1. The topological polar surface area (TPSA) is 49.4 Å². The smallest absolute Gasteiger partial charge is 0.119 e. The van der Waals surface area contributed by atoms with Crippen LogP contribution in [0.5, 0.6) is 5.75 Å². The summed E-state index contributed by atoms with van der Waals surface area (Å²) in [4.78, 5) is 10.1. The summed E-state index contributed by atoms with van der Waals surface area (Å²) in [6.07, 6.45) is -0.0755. The molecule has 0 aliphatic carbocycles. The van der Waals surface area contributed by atoms with Crippen molar-refractivity contribution in [2.24, 2.45) is 0 Å². The molecule has 3 heteroatoms. The Balaban J connectivity index is 2.37. The second kappa shape index (κ2) is 4.50. The second-order valence-electron chi connectivity index (χ2n) is 2.78. The number of hydrogen-bond donors (Lipinski definition) is 0. The van der Waals surface area contributed by atoms with Crippen LogP contribution < -0.4 is 9.84 Å². The molecule has 0 bridgehead atoms. The molecule has 1 aromatic rings. The van der Waals surface area contributed by atoms with Gasteiger partial charge in [0.25, 0.3) is 0 Å². The Labute approximate surface area is 77.0 Å². The molecule has 0 radical (unpaired) electrons. The molecule has 1 aromatic carbocycles. The van der Waals surface area contributed by atoms with Crippen LogP contribution in [-0.4, -0.2) is 12.6 Å². The van der Waals surface area contributed by atoms with E-state index in [-0.39, 0.29) is 13.0 Å². The molecule has 13 heavy (non-hydrogen) atoms. The van der Waals surface area contributed by atoms with Crippen LogP contribution in [0.3, 0.4) is 0 Å². The minimum atomic E-state index is -1.09. The average molecular weight is 179 g/mol. The summed E-state index contributed by atoms with van der Waals surface area (Å²) in [5.41, 5.74) is 1.15. The standard InChI is InChI=1S/C10H12O3/c1-8-2-4-9(5-3-8)13-7-6-10(11)12/h2-5H,6-7H2,1H3,(H,11,12)/p-1. The predicted octanol–water partition coefficient (Wildman–Crippen LogP) is 0.514. The van der Waals surface area contributed by atoms with Crippen molar-refractivity contribution in [3.8, 4) is 5.75 Å². The van der Waals surface area contributed by atoms with Crippen molar-refractivity contribution in [2.75, 3.05) is 6.61 Å². The van der Waals surface area contributed by atoms with Gasteiger partial charge in [0, 0.05) is 12.4 Å². The highest BCUT2D eigenvalue weighted by Crippen LogP contribution is 2.11. The molecular formula is C10H11O3-. The Morgan fingerprint density at radius 1 is 1.38 bits per heavy atom. The third-order valence-electron chi connectivity index (χ3n) is 1.60. The molecule has 0 heterocycles. The Morgan fingerprint density at radius 3 is 2.54 bits per heavy atom. The van der Waals surface area contributed by atoms with Gasteiger partial charge in [-0.05, 0) is 19.1 Å². The van der Waals surface area contributed by atoms with Gasteiger partial charge in [-0.15, -0.1) is 0 Å². The molecule has 0 N–H and O–H groups in total. The fourth-order valence-electron chi connectivity index (χ4n) is 0.887. The van der Waals surface area contributed by atoms with E-state index in [1.165, 1.54) is 0 Å². The molecule has 0 aromatic heterocycles. The molecule has 0 amide bonds. The SMILES string of the molecule is Cc1ccc(OCCC(=O)[O-])cc1. The van der Waals surface area contributed by atoms with Crippen molar-refractivity contribution < 1.29 is 14.6 Å². The van der Waals surface area contributed by atoms with Crippen molar-refractivity contribution >= 4 is 5.97 Å². The van der Waals surface area contributed by atoms with E-state index in [1.54, 1.807) is 0 Å². The summed E-state index contributed by atoms with van der Waals surface area (Å²) in [6.45, 7) is 2.14. The first-order valence-corrected chi connectivity index (χ1v) is 4.08. The molecular weight excluding hydrogens is 168 g/mol. The van der Waals surface area contributed by atoms with Gasteiger partial charge in [0.2, 0.25) is 0 Å². The van der Waals surface area contributed by atoms with E-state index in [4.69, 9.17) is 4.74 Å². The highest BCUT2D eigenvalue weighted by molar-refractivity contribution is 5.64. The minimum absolute atomic E-state index is 0.0755. The zero-order valence-electron chi connectivity index (χ0n) is 7.45. The number of carboxylic acid groups (broad SMARTS) is 1. The molecule has 1 rings (SSSR count). The van der Waals surface area contributed by atoms with Gasteiger partial charge in [0.15, 0.2) is 0 Å². The lowest BCUT2D eigenvalue weighted by molar-refractivity contribution is -0.306. The van der Waals surface area contributed by atoms with Gasteiger partial charge in [0.1, 0.15) is 5.75 Å². The van der Waals surface area contributed by atoms with E-state index in [0.717, 1.165) is 5.56 Å². The summed E-state index contributed by atoms with van der Waals surface area (Å²) < 4.78 is 5.15. The molecule has 0 fully saturated rings. The Morgan fingerprint density at radius 2 is 2.00 bits per heavy atom. The molecule has 0 aliphatic rings. The van der Waals surface area contributed by atoms with Gasteiger partial charge in [-0.1, -0.05) is 17.7 Å². The minimum Gasteiger partial charge on any atom is -0.550 e. The van der Waals surface area contributed by atoms with Crippen LogP contribution in [0.4, 0.5) is 0 Å². The number of benzene rings is 1. The molecule has 70 valence electrons. The lowest BCUT2D eigenvalue weighted by Crippen LogP contribution is -2.24. The number of aryl methyl sites for hydroxylation is 1. The Bertz CT molecular complexity index is 277. The molecule has 3 nitrogen and oxygen atoms in total. The number of carbonyl (C=O) groups excluding carboxylic acids is 1. The fourth-order valence-corrected chi connectivity index (χ4v) is 0.887. The van der Waals surface area contributed by atoms with E-state index in [0.29, 0.717) is 5.75 Å². The molecule has 0 spiro atoms. The van der Waals surface area contributed by atoms with Crippen molar-refractivity contribution in [3.63, 3.8) is 0 Å². The van der Waals surface area contributed by atoms with Gasteiger partial charge in [-0.2, -0.15) is 0 Å². The van der Waals surface area contributed by atoms with Gasteiger partial charge in [0.05, 0.1) is 6.61 Å². The van der Waals surface area contributed by atoms with E-state index < -0.39 is 5.97 Å². The van der Waals surface area contributed by atoms with Gasteiger partial charge in [-0.3, -0.25) is 0 Å². The number of rotatable bonds is 4. The Kier molecular flexibility index (Phi) is 3.31. The van der Waals surface area contributed by atoms with Crippen LogP contribution in [0, 0.1) is 6.92 Å². The third-order valence-corrected chi connectivity index (χ3v) is 1.60. The first-order valence-electron chi connectivity index (χ1n) is 4.08. The first kappa shape index (κ1) is 9.58. The molecule has 0 saturated carbocycles. The van der Waals surface area contributed by atoms with Gasteiger partial charge >= 0.3 is 0 Å². The maximum absolute atomic E-state index is 10.1. The van der Waals surface area contributed by atoms with Crippen LogP contribution in [0.1, 0.15) is 12.0 Å². The van der Waals surface area contributed by atoms with Crippen molar-refractivity contribution in [1.82, 2.24) is 0 Å². The van der Waals surface area contributed by atoms with Crippen LogP contribution in [0.25, 0.3) is 0 Å². The summed E-state index contributed by atoms with van der Waals surface area (Å²) >= 11 is 0. The number of hydrogen-bond acceptors (Lipinski definition) is 3. The third kappa shape index (κ3) is 3.60. The van der Waals surface area contributed by atoms with Crippen LogP contribution in [-0.2, 0) is 4.79 Å². The molecule has 0 unspecified atom stereocenters. The summed E-state index contributed by atoms with van der Waals surface area (Å²) in [5.74, 6) is -0.404. The van der Waals surface area contributed by atoms with E-state index in [9.17, 15) is 9.90 Å². The maximum Gasteiger partial charge on any atom is 0.119 e. The highest BCUT2D eigenvalue weighted by atomic mass is 16.5. The molecule has 0 aliphatic heterocycles. The number of carbonyl (C=O) groups is 1. The summed E-state index contributed by atoms with van der Waals surface area (Å²) in [6, 6.07) is 7.44. The molecule has 0 atom stereocenters. The quantitative estimate of drug-likeness (QED) is 0.676. The van der Waals surface area contributed by atoms with E-state index in [1.807, 2.05) is 31.2 Å². The summed E-state index contributed by atoms with van der Waals surface area (Å²) in [5, 5.41) is 10.1. The second-order valence-corrected chi connectivity index (χ2v) is 2.78. The number of ether oxygens (including phenoxy) is 1. The maximum atomic E-state index is 10.1. The van der Waals surface area contributed by atoms with Crippen molar-refractivity contribution in [3.05, 3.63) is 29.8 Å². The average Bonchev–Trinajstić information content (AvgIpc) is 2.08. The lowest BCUT2D eigenvalue weighted by Gasteiger charge is -2.06. The summed E-state index contributed by atoms with van der Waals surface area (Å²) in [7, 11) is 0. The lowest BCUT2D eigenvalue weighted by atomic mass is 10.2. The first-order chi connectivity index (χ1) is 6.18. The van der Waals surface area contributed by atoms with Crippen molar-refractivity contribution in [1.29, 1.82) is 0 Å². The largest absolute Gasteiger partial charge is 0.550 e. The fraction of sp³-hybridized carbons (Fsp3) is 0.300. The van der Waals surface area contributed by atoms with Gasteiger partial charge in [-0.25, -0.2) is 0 Å². The van der Waals surface area contributed by atoms with Crippen LogP contribution >= 0.6 is 0 Å². The van der Waals surface area contributed by atoms with Crippen molar-refractivity contribution in [2.45, 2.75) is 13.3 Å². The predicted molar refractivity (Wildman–Crippen MR) is 46.3 cm³/mol.